The first kappa shape index (κ1) is 99.4. The van der Waals surface area contributed by atoms with Gasteiger partial charge in [0, 0.05) is 79.7 Å². The van der Waals surface area contributed by atoms with Crippen LogP contribution in [0.1, 0.15) is 260 Å². The molecule has 8 N–H and O–H groups in total. The lowest BCUT2D eigenvalue weighted by Gasteiger charge is -2.28. The number of likely N-dealkylation sites (tertiary alicyclic amines) is 4. The van der Waals surface area contributed by atoms with E-state index in [-0.39, 0.29) is 78.2 Å². The zero-order valence-electron chi connectivity index (χ0n) is 74.0. The van der Waals surface area contributed by atoms with Crippen LogP contribution in [0, 0.1) is 3.57 Å². The van der Waals surface area contributed by atoms with Crippen molar-refractivity contribution in [1.29, 1.82) is 0 Å². The Morgan fingerprint density at radius 1 is 0.300 bits per heavy atom. The van der Waals surface area contributed by atoms with Gasteiger partial charge in [-0.25, -0.2) is 19.2 Å². The number of carbonyl (C=O) groups excluding carboxylic acids is 4. The Labute approximate surface area is 788 Å². The van der Waals surface area contributed by atoms with Gasteiger partial charge in [-0.05, 0) is 279 Å². The molecule has 0 unspecified atom stereocenters. The van der Waals surface area contributed by atoms with Gasteiger partial charge in [0.15, 0.2) is 0 Å². The summed E-state index contributed by atoms with van der Waals surface area (Å²) in [7, 11) is 0. The Morgan fingerprint density at radius 3 is 0.715 bits per heavy atom. The Hall–Kier alpha value is -11.2. The minimum absolute atomic E-state index is 0. The lowest BCUT2D eigenvalue weighted by Crippen LogP contribution is -2.36. The molecule has 6 aliphatic rings. The van der Waals surface area contributed by atoms with Gasteiger partial charge < -0.3 is 29.6 Å². The predicted octanol–water partition coefficient (Wildman–Crippen LogP) is 25.5. The number of nitrogens with one attached hydrogen (secondary N) is 8. The maximum absolute atomic E-state index is 12.8. The summed E-state index contributed by atoms with van der Waals surface area (Å²) in [6.45, 7) is 27.6. The van der Waals surface area contributed by atoms with Gasteiger partial charge in [0.05, 0.1) is 92.5 Å². The molecule has 0 spiro atoms. The molecule has 6 aromatic carbocycles. The van der Waals surface area contributed by atoms with Crippen molar-refractivity contribution in [2.24, 2.45) is 0 Å². The van der Waals surface area contributed by atoms with E-state index in [0.717, 1.165) is 177 Å². The fraction of sp³-hybridized carbons (Fsp3) is 0.431. The van der Waals surface area contributed by atoms with E-state index < -0.39 is 22.4 Å². The molecule has 0 aliphatic carbocycles. The van der Waals surface area contributed by atoms with E-state index in [1.54, 1.807) is 19.6 Å². The van der Waals surface area contributed by atoms with E-state index in [1.807, 2.05) is 132 Å². The molecule has 12 aromatic rings. The summed E-state index contributed by atoms with van der Waals surface area (Å²) in [6, 6.07) is 63.4. The Morgan fingerprint density at radius 2 is 0.500 bits per heavy atom. The third-order valence-electron chi connectivity index (χ3n) is 23.1. The van der Waals surface area contributed by atoms with Crippen molar-refractivity contribution in [2.75, 3.05) is 39.3 Å². The molecule has 28 heteroatoms. The molecule has 130 heavy (non-hydrogen) atoms. The number of hydrogen-bond acceptors (Lipinski definition) is 16. The zero-order valence-corrected chi connectivity index (χ0v) is 77.8. The summed E-state index contributed by atoms with van der Waals surface area (Å²) >= 11 is 5.72. The number of aromatic nitrogens is 12. The van der Waals surface area contributed by atoms with E-state index in [9.17, 15) is 19.2 Å². The minimum atomic E-state index is -0.532. The number of hydrogen-bond donors (Lipinski definition) is 8. The van der Waals surface area contributed by atoms with E-state index in [0.29, 0.717) is 31.7 Å². The summed E-state index contributed by atoms with van der Waals surface area (Å²) in [5.74, 6) is 0. The van der Waals surface area contributed by atoms with Gasteiger partial charge in [-0.2, -0.15) is 30.6 Å². The first-order chi connectivity index (χ1) is 60.3. The zero-order chi connectivity index (χ0) is 88.6. The SMILES string of the molecule is C.C.C.C.CC(C)(C)OC(=O)N1CCC[C@H]1c1cc(-c2ccc(-c3ccc(-c4cc([C@@H]5CCCN5C(=O)OC(C)(C)C)[nH]n4)cc3)cc2)n[nH]1.CC(C)(C)OC(=O)N1CCC[C@H]1c1cc(-c2ccc(Br)cc2)n[nH]1.CC(C)(C)OC(=O)N1CCC[C@H]1c1cc(-c2ccc(I)cc2)n[nH]1.c1cc(-c2cc([C@@H]3CCCN3)[nH]n2)ccc1-c1ccc(-c2cc([C@@H]3CCCN3)[nH]n2)cc1. The number of rotatable bonds is 14. The molecule has 6 fully saturated rings. The number of nitrogens with zero attached hydrogens (tertiary/aromatic N) is 10. The summed E-state index contributed by atoms with van der Waals surface area (Å²) < 4.78 is 24.5. The average Bonchev–Trinajstić information content (AvgIpc) is 1.83. The number of halogens is 2. The number of H-pyrrole nitrogens is 6. The maximum atomic E-state index is 12.8. The lowest BCUT2D eigenvalue weighted by atomic mass is 10.0. The Balaban J connectivity index is 0.000000172. The minimum Gasteiger partial charge on any atom is -0.444 e. The lowest BCUT2D eigenvalue weighted by molar-refractivity contribution is 0.0211. The molecule has 0 saturated carbocycles. The van der Waals surface area contributed by atoms with Gasteiger partial charge >= 0.3 is 24.4 Å². The monoisotopic (exact) mass is 1940 g/mol. The quantitative estimate of drug-likeness (QED) is 0.0370. The predicted molar refractivity (Wildman–Crippen MR) is 529 cm³/mol. The van der Waals surface area contributed by atoms with Crippen molar-refractivity contribution >= 4 is 62.9 Å². The first-order valence-corrected chi connectivity index (χ1v) is 45.9. The second kappa shape index (κ2) is 43.2. The Kier molecular flexibility index (Phi) is 33.0. The molecular formula is C102H132BrIN18O8. The first-order valence-electron chi connectivity index (χ1n) is 44.1. The van der Waals surface area contributed by atoms with E-state index in [1.165, 1.54) is 51.8 Å². The maximum Gasteiger partial charge on any atom is 0.410 e. The topological polar surface area (TPSA) is 314 Å². The van der Waals surface area contributed by atoms with E-state index >= 15 is 0 Å². The largest absolute Gasteiger partial charge is 0.444 e. The number of benzene rings is 6. The summed E-state index contributed by atoms with van der Waals surface area (Å²) in [4.78, 5) is 57.6. The van der Waals surface area contributed by atoms with Crippen molar-refractivity contribution in [3.05, 3.63) is 224 Å². The average molecular weight is 1950 g/mol. The normalized spacial score (nSPS) is 18.4. The summed E-state index contributed by atoms with van der Waals surface area (Å²) in [5, 5.41) is 53.0. The highest BCUT2D eigenvalue weighted by Crippen LogP contribution is 2.41. The van der Waals surface area contributed by atoms with Gasteiger partial charge in [0.2, 0.25) is 0 Å². The highest BCUT2D eigenvalue weighted by molar-refractivity contribution is 14.1. The third-order valence-corrected chi connectivity index (χ3v) is 24.3. The molecule has 0 bridgehead atoms. The molecule has 6 aromatic heterocycles. The standard InChI is InChI=1S/C36H44N6O4.C26H28N6.C18H22BrN3O2.C18H22IN3O2.4CH4/c1-35(2,3)45-33(43)41-19-7-9-31(41)29-21-27(37-39-29)25-15-11-23(12-16-25)24-13-17-26(18-14-24)28-22-30(40-38-28)32-10-8-20-42(32)34(44)46-36(4,5)6;1-3-21(27-13-1)25-15-23(29-31-25)19-9-5-17(6-10-19)18-7-11-20(12-8-18)24-16-26(32-30-24)22-4-2-14-28-22;2*1-18(2,3)24-17(23)22-10-4-5-16(22)15-11-14(20-21-15)12-6-8-13(19)9-7-12;;;;/h11-18,21-22,31-32H,7-10,19-20H2,1-6H3,(H,37,39)(H,38,40);5-12,15-16,21-22,27-28H,1-4,13-14H2,(H,29,31)(H,30,32);2*6-9,11,16H,4-5,10H2,1-3H3,(H,20,21);4*1H4/t31-,32-;21-,22-;2*16-;;;;/m0000..../s1. The number of amides is 4. The highest BCUT2D eigenvalue weighted by atomic mass is 127. The second-order valence-electron chi connectivity index (χ2n) is 37.2. The van der Waals surface area contributed by atoms with Crippen LogP contribution in [0.4, 0.5) is 19.2 Å². The summed E-state index contributed by atoms with van der Waals surface area (Å²) in [6.07, 6.45) is 11.1. The van der Waals surface area contributed by atoms with Crippen molar-refractivity contribution in [3.63, 3.8) is 0 Å². The third kappa shape index (κ3) is 25.3. The second-order valence-corrected chi connectivity index (χ2v) is 39.4. The molecule has 26 nitrogen and oxygen atoms in total. The number of ether oxygens (including phenoxy) is 4. The van der Waals surface area contributed by atoms with Gasteiger partial charge in [-0.15, -0.1) is 0 Å². The summed E-state index contributed by atoms with van der Waals surface area (Å²) in [5.41, 5.74) is 20.5. The van der Waals surface area contributed by atoms with Gasteiger partial charge in [-0.1, -0.05) is 167 Å². The van der Waals surface area contributed by atoms with Crippen LogP contribution < -0.4 is 10.6 Å². The Bertz CT molecular complexity index is 5300. The van der Waals surface area contributed by atoms with E-state index in [2.05, 4.69) is 244 Å². The molecule has 0 radical (unpaired) electrons. The smallest absolute Gasteiger partial charge is 0.410 e. The van der Waals surface area contributed by atoms with Gasteiger partial charge in [0.1, 0.15) is 22.4 Å². The van der Waals surface area contributed by atoms with E-state index in [4.69, 9.17) is 18.9 Å². The van der Waals surface area contributed by atoms with Crippen LogP contribution in [0.2, 0.25) is 0 Å². The molecule has 4 amide bonds. The fourth-order valence-electron chi connectivity index (χ4n) is 16.9. The molecular weight excluding hydrogens is 1810 g/mol. The van der Waals surface area contributed by atoms with Gasteiger partial charge in [0.25, 0.3) is 0 Å². The van der Waals surface area contributed by atoms with Crippen LogP contribution >= 0.6 is 38.5 Å². The van der Waals surface area contributed by atoms with Crippen molar-refractivity contribution in [1.82, 2.24) is 91.4 Å². The number of carbonyl (C=O) groups is 4. The molecule has 12 heterocycles. The highest BCUT2D eigenvalue weighted by Gasteiger charge is 2.39. The van der Waals surface area contributed by atoms with Crippen molar-refractivity contribution < 1.29 is 38.1 Å². The molecule has 6 saturated heterocycles. The molecule has 18 rings (SSSR count). The van der Waals surface area contributed by atoms with Gasteiger partial charge in [-0.3, -0.25) is 50.2 Å². The fourth-order valence-corrected chi connectivity index (χ4v) is 17.6. The van der Waals surface area contributed by atoms with Crippen LogP contribution in [0.25, 0.3) is 89.8 Å². The van der Waals surface area contributed by atoms with Crippen LogP contribution in [0.5, 0.6) is 0 Å². The van der Waals surface area contributed by atoms with Crippen molar-refractivity contribution in [3.8, 4) is 89.8 Å². The molecule has 6 atom stereocenters. The molecule has 692 valence electrons. The molecule has 6 aliphatic heterocycles. The van der Waals surface area contributed by atoms with Crippen LogP contribution in [0.3, 0.4) is 0 Å². The van der Waals surface area contributed by atoms with Crippen LogP contribution in [-0.4, -0.2) is 167 Å². The van der Waals surface area contributed by atoms with Crippen LogP contribution in [-0.2, 0) is 18.9 Å². The van der Waals surface area contributed by atoms with Crippen molar-refractivity contribution in [2.45, 2.75) is 248 Å². The van der Waals surface area contributed by atoms with Crippen LogP contribution in [0.15, 0.2) is 186 Å². The number of aromatic amines is 6.